The molecule has 0 bridgehead atoms. The summed E-state index contributed by atoms with van der Waals surface area (Å²) < 4.78 is 0. The van der Waals surface area contributed by atoms with E-state index in [0.717, 1.165) is 11.4 Å². The maximum atomic E-state index is 2.44. The molecule has 0 amide bonds. The lowest BCUT2D eigenvalue weighted by Gasteiger charge is -2.27. The molecule has 0 fully saturated rings. The summed E-state index contributed by atoms with van der Waals surface area (Å²) in [5.41, 5.74) is 11.5. The van der Waals surface area contributed by atoms with Crippen molar-refractivity contribution in [2.24, 2.45) is 0 Å². The zero-order valence-corrected chi connectivity index (χ0v) is 23.9. The Morgan fingerprint density at radius 2 is 1.05 bits per heavy atom. The van der Waals surface area contributed by atoms with Crippen LogP contribution in [0.2, 0.25) is 0 Å². The molecule has 0 saturated heterocycles. The van der Waals surface area contributed by atoms with Gasteiger partial charge in [-0.3, -0.25) is 0 Å². The number of anilines is 3. The fraction of sp³-hybridized carbons (Fsp3) is 0.0732. The molecular formula is C41H31N. The van der Waals surface area contributed by atoms with Crippen molar-refractivity contribution in [3.8, 4) is 22.3 Å². The molecule has 0 spiro atoms. The molecule has 0 N–H and O–H groups in total. The first kappa shape index (κ1) is 24.6. The fourth-order valence-electron chi connectivity index (χ4n) is 6.99. The largest absolute Gasteiger partial charge is 0.310 e. The molecule has 1 heteroatoms. The molecular weight excluding hydrogens is 506 g/mol. The van der Waals surface area contributed by atoms with Crippen LogP contribution < -0.4 is 4.90 Å². The van der Waals surface area contributed by atoms with E-state index in [1.807, 2.05) is 0 Å². The topological polar surface area (TPSA) is 3.24 Å². The lowest BCUT2D eigenvalue weighted by Crippen LogP contribution is -2.15. The molecule has 0 heterocycles. The smallest absolute Gasteiger partial charge is 0.0540 e. The Hall–Kier alpha value is -5.14. The highest BCUT2D eigenvalue weighted by molar-refractivity contribution is 6.07. The van der Waals surface area contributed by atoms with Crippen molar-refractivity contribution in [2.75, 3.05) is 4.90 Å². The van der Waals surface area contributed by atoms with Gasteiger partial charge in [0.1, 0.15) is 0 Å². The molecule has 0 aromatic heterocycles. The third-order valence-electron chi connectivity index (χ3n) is 9.05. The number of hydrogen-bond donors (Lipinski definition) is 0. The second kappa shape index (κ2) is 9.46. The van der Waals surface area contributed by atoms with Gasteiger partial charge in [0.2, 0.25) is 0 Å². The third-order valence-corrected chi connectivity index (χ3v) is 9.05. The van der Waals surface area contributed by atoms with E-state index in [4.69, 9.17) is 0 Å². The molecule has 1 aliphatic carbocycles. The molecule has 0 radical (unpaired) electrons. The molecule has 0 aliphatic heterocycles. The lowest BCUT2D eigenvalue weighted by molar-refractivity contribution is 0.661. The molecule has 0 atom stereocenters. The van der Waals surface area contributed by atoms with Gasteiger partial charge in [0, 0.05) is 22.2 Å². The normalized spacial score (nSPS) is 13.2. The van der Waals surface area contributed by atoms with Crippen LogP contribution in [0.25, 0.3) is 43.8 Å². The van der Waals surface area contributed by atoms with Crippen LogP contribution in [0.3, 0.4) is 0 Å². The van der Waals surface area contributed by atoms with E-state index in [2.05, 4.69) is 170 Å². The van der Waals surface area contributed by atoms with E-state index in [0.29, 0.717) is 0 Å². The van der Waals surface area contributed by atoms with Crippen molar-refractivity contribution < 1.29 is 0 Å². The van der Waals surface area contributed by atoms with Crippen LogP contribution in [0.1, 0.15) is 25.0 Å². The summed E-state index contributed by atoms with van der Waals surface area (Å²) in [6.07, 6.45) is 0. The van der Waals surface area contributed by atoms with Gasteiger partial charge in [0.05, 0.1) is 5.69 Å². The zero-order valence-electron chi connectivity index (χ0n) is 23.9. The number of hydrogen-bond acceptors (Lipinski definition) is 1. The highest BCUT2D eigenvalue weighted by Crippen LogP contribution is 2.52. The van der Waals surface area contributed by atoms with Gasteiger partial charge in [-0.15, -0.1) is 0 Å². The van der Waals surface area contributed by atoms with Crippen LogP contribution in [-0.4, -0.2) is 0 Å². The quantitative estimate of drug-likeness (QED) is 0.216. The summed E-state index contributed by atoms with van der Waals surface area (Å²) in [4.78, 5) is 2.36. The van der Waals surface area contributed by atoms with Crippen molar-refractivity contribution in [1.29, 1.82) is 0 Å². The maximum Gasteiger partial charge on any atom is 0.0540 e. The van der Waals surface area contributed by atoms with Crippen LogP contribution in [0, 0.1) is 0 Å². The van der Waals surface area contributed by atoms with E-state index < -0.39 is 0 Å². The zero-order chi connectivity index (χ0) is 28.3. The van der Waals surface area contributed by atoms with Gasteiger partial charge in [-0.05, 0) is 85.9 Å². The van der Waals surface area contributed by atoms with Crippen LogP contribution in [-0.2, 0) is 5.41 Å². The lowest BCUT2D eigenvalue weighted by atomic mass is 9.81. The van der Waals surface area contributed by atoms with Crippen LogP contribution in [0.4, 0.5) is 17.1 Å². The number of fused-ring (bicyclic) bond motifs is 6. The van der Waals surface area contributed by atoms with Gasteiger partial charge >= 0.3 is 0 Å². The Labute approximate surface area is 247 Å². The second-order valence-corrected chi connectivity index (χ2v) is 11.8. The summed E-state index contributed by atoms with van der Waals surface area (Å²) in [7, 11) is 0. The van der Waals surface area contributed by atoms with Gasteiger partial charge in [-0.2, -0.15) is 0 Å². The Morgan fingerprint density at radius 3 is 1.76 bits per heavy atom. The summed E-state index contributed by atoms with van der Waals surface area (Å²) in [5, 5.41) is 5.13. The average molecular weight is 538 g/mol. The number of rotatable bonds is 4. The monoisotopic (exact) mass is 537 g/mol. The first-order chi connectivity index (χ1) is 20.6. The second-order valence-electron chi connectivity index (χ2n) is 11.8. The SMILES string of the molecule is CC1(C)c2cc(-c3ccc(N(c4ccccc4)c4ccccc4)c4ccccc34)ccc2-c2c1ccc1ccccc21. The molecule has 0 unspecified atom stereocenters. The molecule has 7 aromatic rings. The van der Waals surface area contributed by atoms with Gasteiger partial charge in [-0.25, -0.2) is 0 Å². The third kappa shape index (κ3) is 3.71. The Balaban J connectivity index is 1.32. The minimum Gasteiger partial charge on any atom is -0.310 e. The van der Waals surface area contributed by atoms with E-state index in [-0.39, 0.29) is 5.41 Å². The Kier molecular flexibility index (Phi) is 5.55. The summed E-state index contributed by atoms with van der Waals surface area (Å²) >= 11 is 0. The van der Waals surface area contributed by atoms with Crippen LogP contribution in [0.5, 0.6) is 0 Å². The molecule has 200 valence electrons. The Bertz CT molecular complexity index is 2070. The van der Waals surface area contributed by atoms with E-state index in [1.165, 1.54) is 60.6 Å². The first-order valence-electron chi connectivity index (χ1n) is 14.7. The Morgan fingerprint density at radius 1 is 0.452 bits per heavy atom. The molecule has 8 rings (SSSR count). The van der Waals surface area contributed by atoms with Crippen molar-refractivity contribution in [1.82, 2.24) is 0 Å². The van der Waals surface area contributed by atoms with Crippen LogP contribution >= 0.6 is 0 Å². The summed E-state index contributed by atoms with van der Waals surface area (Å²) in [6.45, 7) is 4.74. The van der Waals surface area contributed by atoms with Gasteiger partial charge < -0.3 is 4.90 Å². The average Bonchev–Trinajstić information content (AvgIpc) is 3.28. The van der Waals surface area contributed by atoms with Gasteiger partial charge in [0.15, 0.2) is 0 Å². The van der Waals surface area contributed by atoms with Crippen molar-refractivity contribution >= 4 is 38.6 Å². The predicted molar refractivity (Wildman–Crippen MR) is 179 cm³/mol. The predicted octanol–water partition coefficient (Wildman–Crippen LogP) is 11.4. The number of nitrogens with zero attached hydrogens (tertiary/aromatic N) is 1. The summed E-state index contributed by atoms with van der Waals surface area (Å²) in [5.74, 6) is 0. The maximum absolute atomic E-state index is 2.44. The standard InChI is InChI=1S/C41H31N/c1-41(2)37-25-22-28-13-9-10-18-33(28)40(37)36-23-21-29(27-38(36)41)32-24-26-39(35-20-12-11-19-34(32)35)42(30-14-5-3-6-15-30)31-16-7-4-8-17-31/h3-27H,1-2H3. The van der Waals surface area contributed by atoms with E-state index in [9.17, 15) is 0 Å². The van der Waals surface area contributed by atoms with Crippen molar-refractivity contribution in [3.63, 3.8) is 0 Å². The minimum absolute atomic E-state index is 0.0716. The van der Waals surface area contributed by atoms with Crippen LogP contribution in [0.15, 0.2) is 152 Å². The van der Waals surface area contributed by atoms with Gasteiger partial charge in [0.25, 0.3) is 0 Å². The number of benzene rings is 7. The minimum atomic E-state index is -0.0716. The number of para-hydroxylation sites is 2. The first-order valence-corrected chi connectivity index (χ1v) is 14.7. The van der Waals surface area contributed by atoms with E-state index in [1.54, 1.807) is 0 Å². The molecule has 1 aliphatic rings. The molecule has 7 aromatic carbocycles. The van der Waals surface area contributed by atoms with Crippen molar-refractivity contribution in [2.45, 2.75) is 19.3 Å². The molecule has 42 heavy (non-hydrogen) atoms. The molecule has 1 nitrogen and oxygen atoms in total. The van der Waals surface area contributed by atoms with Crippen molar-refractivity contribution in [3.05, 3.63) is 163 Å². The fourth-order valence-corrected chi connectivity index (χ4v) is 6.99. The van der Waals surface area contributed by atoms with E-state index >= 15 is 0 Å². The summed E-state index contributed by atoms with van der Waals surface area (Å²) in [6, 6.07) is 55.2. The highest BCUT2D eigenvalue weighted by Gasteiger charge is 2.36. The molecule has 0 saturated carbocycles. The van der Waals surface area contributed by atoms with Gasteiger partial charge in [-0.1, -0.05) is 129 Å². The highest BCUT2D eigenvalue weighted by atomic mass is 15.1.